The van der Waals surface area contributed by atoms with Crippen molar-refractivity contribution >= 4 is 17.5 Å². The normalized spacial score (nSPS) is 22.8. The molecule has 0 spiro atoms. The number of benzene rings is 2. The van der Waals surface area contributed by atoms with Crippen LogP contribution in [0.4, 0.5) is 16.2 Å². The Bertz CT molecular complexity index is 1240. The van der Waals surface area contributed by atoms with Crippen molar-refractivity contribution in [3.05, 3.63) is 67.0 Å². The summed E-state index contributed by atoms with van der Waals surface area (Å²) >= 11 is 0. The lowest BCUT2D eigenvalue weighted by atomic mass is 9.94. The smallest absolute Gasteiger partial charge is 0.410 e. The topological polar surface area (TPSA) is 54.9 Å². The fraction of sp³-hybridized carbons (Fsp3) is 0.379. The van der Waals surface area contributed by atoms with Gasteiger partial charge >= 0.3 is 6.09 Å². The lowest BCUT2D eigenvalue weighted by Gasteiger charge is -2.45. The number of rotatable bonds is 2. The average molecular weight is 470 g/mol. The quantitative estimate of drug-likeness (QED) is 0.408. The molecule has 2 fully saturated rings. The van der Waals surface area contributed by atoms with Crippen molar-refractivity contribution in [2.24, 2.45) is 0 Å². The molecule has 6 heteroatoms. The Kier molecular flexibility index (Phi) is 5.20. The first-order chi connectivity index (χ1) is 16.9. The monoisotopic (exact) mass is 469 g/mol. The van der Waals surface area contributed by atoms with Gasteiger partial charge in [0.1, 0.15) is 5.60 Å². The van der Waals surface area contributed by atoms with Crippen LogP contribution in [0.25, 0.3) is 11.1 Å². The third-order valence-corrected chi connectivity index (χ3v) is 7.26. The highest BCUT2D eigenvalue weighted by Gasteiger charge is 2.47. The summed E-state index contributed by atoms with van der Waals surface area (Å²) in [7, 11) is 0. The molecule has 6 rings (SSSR count). The van der Waals surface area contributed by atoms with E-state index in [-0.39, 0.29) is 24.2 Å². The van der Waals surface area contributed by atoms with Gasteiger partial charge in [0, 0.05) is 30.5 Å². The van der Waals surface area contributed by atoms with Gasteiger partial charge in [0.25, 0.3) is 0 Å². The molecule has 2 bridgehead atoms. The number of hydrogen-bond acceptors (Lipinski definition) is 5. The Morgan fingerprint density at radius 2 is 1.57 bits per heavy atom. The van der Waals surface area contributed by atoms with E-state index in [2.05, 4.69) is 40.2 Å². The molecule has 1 aromatic heterocycles. The lowest BCUT2D eigenvalue weighted by Crippen LogP contribution is -2.53. The molecule has 4 heterocycles. The summed E-state index contributed by atoms with van der Waals surface area (Å²) in [6.07, 6.45) is 7.33. The van der Waals surface area contributed by atoms with Crippen LogP contribution in [0.5, 0.6) is 11.5 Å². The molecule has 3 aliphatic rings. The number of para-hydroxylation sites is 2. The maximum atomic E-state index is 13.0. The van der Waals surface area contributed by atoms with Gasteiger partial charge in [0.05, 0.1) is 11.4 Å². The third kappa shape index (κ3) is 4.01. The molecular formula is C29H31N3O3. The molecule has 0 radical (unpaired) electrons. The molecule has 180 valence electrons. The van der Waals surface area contributed by atoms with E-state index in [1.165, 1.54) is 0 Å². The molecule has 2 saturated heterocycles. The van der Waals surface area contributed by atoms with Crippen molar-refractivity contribution in [2.75, 3.05) is 4.90 Å². The van der Waals surface area contributed by atoms with Crippen molar-refractivity contribution in [2.45, 2.75) is 70.2 Å². The third-order valence-electron chi connectivity index (χ3n) is 7.26. The van der Waals surface area contributed by atoms with Crippen LogP contribution in [0.2, 0.25) is 0 Å². The predicted octanol–water partition coefficient (Wildman–Crippen LogP) is 6.92. The standard InChI is InChI=1S/C29H31N3O3/c1-29(2,3)35-28(33)31-21-9-10-22(31)18-23(17-21)32-24-6-4-5-7-26(24)34-27-16-20(8-11-25(27)32)19-12-14-30-15-13-19/h4-8,11-16,21-23H,9-10,17-18H2,1-3H3. The number of nitrogens with zero attached hydrogens (tertiary/aromatic N) is 3. The van der Waals surface area contributed by atoms with Crippen LogP contribution in [0.3, 0.4) is 0 Å². The summed E-state index contributed by atoms with van der Waals surface area (Å²) < 4.78 is 12.2. The largest absolute Gasteiger partial charge is 0.453 e. The predicted molar refractivity (Wildman–Crippen MR) is 136 cm³/mol. The van der Waals surface area contributed by atoms with Crippen molar-refractivity contribution in [1.29, 1.82) is 0 Å². The Morgan fingerprint density at radius 3 is 2.29 bits per heavy atom. The summed E-state index contributed by atoms with van der Waals surface area (Å²) in [5.74, 6) is 1.73. The first-order valence-electron chi connectivity index (χ1n) is 12.5. The minimum absolute atomic E-state index is 0.173. The highest BCUT2D eigenvalue weighted by atomic mass is 16.6. The van der Waals surface area contributed by atoms with Gasteiger partial charge in [-0.25, -0.2) is 4.79 Å². The van der Waals surface area contributed by atoms with Gasteiger partial charge in [-0.2, -0.15) is 0 Å². The van der Waals surface area contributed by atoms with Crippen LogP contribution in [0.1, 0.15) is 46.5 Å². The number of ether oxygens (including phenoxy) is 2. The average Bonchev–Trinajstić information content (AvgIpc) is 3.11. The Morgan fingerprint density at radius 1 is 0.886 bits per heavy atom. The molecule has 3 aliphatic heterocycles. The van der Waals surface area contributed by atoms with Crippen LogP contribution < -0.4 is 9.64 Å². The maximum absolute atomic E-state index is 13.0. The molecule has 0 aliphatic carbocycles. The number of hydrogen-bond donors (Lipinski definition) is 0. The van der Waals surface area contributed by atoms with Crippen molar-refractivity contribution < 1.29 is 14.3 Å². The summed E-state index contributed by atoms with van der Waals surface area (Å²) in [5, 5.41) is 0. The van der Waals surface area contributed by atoms with E-state index in [1.807, 2.05) is 62.3 Å². The Labute approximate surface area is 206 Å². The SMILES string of the molecule is CC(C)(C)OC(=O)N1C2CCC1CC(N1c3ccccc3Oc3cc(-c4ccncc4)ccc31)C2. The number of fused-ring (bicyclic) bond motifs is 4. The number of amides is 1. The number of carbonyl (C=O) groups is 1. The highest BCUT2D eigenvalue weighted by Crippen LogP contribution is 2.51. The van der Waals surface area contributed by atoms with E-state index in [0.29, 0.717) is 0 Å². The molecule has 0 saturated carbocycles. The van der Waals surface area contributed by atoms with E-state index in [1.54, 1.807) is 0 Å². The molecule has 1 amide bonds. The summed E-state index contributed by atoms with van der Waals surface area (Å²) in [6, 6.07) is 19.4. The summed E-state index contributed by atoms with van der Waals surface area (Å²) in [4.78, 5) is 21.6. The van der Waals surface area contributed by atoms with Crippen LogP contribution in [0, 0.1) is 0 Å². The second-order valence-corrected chi connectivity index (χ2v) is 10.8. The molecule has 6 nitrogen and oxygen atoms in total. The van der Waals surface area contributed by atoms with E-state index >= 15 is 0 Å². The molecule has 35 heavy (non-hydrogen) atoms. The Balaban J connectivity index is 1.33. The van der Waals surface area contributed by atoms with Gasteiger partial charge in [-0.3, -0.25) is 4.98 Å². The fourth-order valence-electron chi connectivity index (χ4n) is 5.87. The minimum atomic E-state index is -0.484. The van der Waals surface area contributed by atoms with E-state index in [9.17, 15) is 4.79 Å². The van der Waals surface area contributed by atoms with E-state index in [4.69, 9.17) is 9.47 Å². The number of anilines is 2. The molecular weight excluding hydrogens is 438 g/mol. The van der Waals surface area contributed by atoms with Crippen LogP contribution in [0.15, 0.2) is 67.0 Å². The second kappa shape index (κ2) is 8.29. The van der Waals surface area contributed by atoms with Gasteiger partial charge in [-0.15, -0.1) is 0 Å². The number of pyridine rings is 1. The van der Waals surface area contributed by atoms with Gasteiger partial charge in [-0.05, 0) is 94.0 Å². The first-order valence-corrected chi connectivity index (χ1v) is 12.5. The number of carbonyl (C=O) groups excluding carboxylic acids is 1. The van der Waals surface area contributed by atoms with Gasteiger partial charge in [0.15, 0.2) is 11.5 Å². The van der Waals surface area contributed by atoms with Crippen LogP contribution in [-0.4, -0.2) is 39.7 Å². The highest BCUT2D eigenvalue weighted by molar-refractivity contribution is 5.82. The maximum Gasteiger partial charge on any atom is 0.410 e. The van der Waals surface area contributed by atoms with E-state index < -0.39 is 5.60 Å². The molecule has 2 atom stereocenters. The molecule has 3 aromatic rings. The fourth-order valence-corrected chi connectivity index (χ4v) is 5.87. The van der Waals surface area contributed by atoms with E-state index in [0.717, 1.165) is 59.7 Å². The second-order valence-electron chi connectivity index (χ2n) is 10.8. The van der Waals surface area contributed by atoms with Gasteiger partial charge < -0.3 is 19.3 Å². The van der Waals surface area contributed by atoms with Crippen LogP contribution >= 0.6 is 0 Å². The summed E-state index contributed by atoms with van der Waals surface area (Å²) in [5.41, 5.74) is 3.90. The molecule has 0 N–H and O–H groups in total. The van der Waals surface area contributed by atoms with Crippen molar-refractivity contribution in [1.82, 2.24) is 9.88 Å². The number of piperidine rings is 1. The van der Waals surface area contributed by atoms with Gasteiger partial charge in [0.2, 0.25) is 0 Å². The Hall–Kier alpha value is -3.54. The van der Waals surface area contributed by atoms with Crippen LogP contribution in [-0.2, 0) is 4.74 Å². The zero-order chi connectivity index (χ0) is 24.2. The van der Waals surface area contributed by atoms with Gasteiger partial charge in [-0.1, -0.05) is 18.2 Å². The molecule has 2 unspecified atom stereocenters. The summed E-state index contributed by atoms with van der Waals surface area (Å²) in [6.45, 7) is 5.80. The number of aromatic nitrogens is 1. The van der Waals surface area contributed by atoms with Crippen molar-refractivity contribution in [3.8, 4) is 22.6 Å². The molecule has 2 aromatic carbocycles. The first kappa shape index (κ1) is 22.0. The zero-order valence-corrected chi connectivity index (χ0v) is 20.5. The lowest BCUT2D eigenvalue weighted by molar-refractivity contribution is 0.00613. The minimum Gasteiger partial charge on any atom is -0.453 e. The van der Waals surface area contributed by atoms with Crippen molar-refractivity contribution in [3.63, 3.8) is 0 Å². The zero-order valence-electron chi connectivity index (χ0n) is 20.5.